The molecule has 1 aliphatic carbocycles. The molecule has 0 bridgehead atoms. The molecule has 0 radical (unpaired) electrons. The Labute approximate surface area is 72.6 Å². The van der Waals surface area contributed by atoms with E-state index in [1.165, 1.54) is 19.3 Å². The maximum absolute atomic E-state index is 11.2. The van der Waals surface area contributed by atoms with Gasteiger partial charge in [-0.3, -0.25) is 0 Å². The highest BCUT2D eigenvalue weighted by molar-refractivity contribution is 5.90. The van der Waals surface area contributed by atoms with Gasteiger partial charge in [0, 0.05) is 5.57 Å². The minimum Gasteiger partial charge on any atom is -0.451 e. The number of ether oxygens (including phenoxy) is 1. The predicted octanol–water partition coefficient (Wildman–Crippen LogP) is 2.19. The molecule has 66 valence electrons. The third-order valence-corrected chi connectivity index (χ3v) is 2.80. The molecule has 0 atom stereocenters. The van der Waals surface area contributed by atoms with Gasteiger partial charge >= 0.3 is 5.97 Å². The monoisotopic (exact) mass is 166 g/mol. The van der Waals surface area contributed by atoms with Crippen molar-refractivity contribution in [2.24, 2.45) is 0 Å². The largest absolute Gasteiger partial charge is 0.451 e. The Morgan fingerprint density at radius 2 is 2.00 bits per heavy atom. The number of rotatable bonds is 0. The molecule has 2 heteroatoms. The molecule has 0 saturated heterocycles. The summed E-state index contributed by atoms with van der Waals surface area (Å²) in [6.07, 6.45) is 7.74. The second-order valence-electron chi connectivity index (χ2n) is 3.84. The first kappa shape index (κ1) is 7.84. The maximum Gasteiger partial charge on any atom is 0.334 e. The lowest BCUT2D eigenvalue weighted by Gasteiger charge is -2.30. The van der Waals surface area contributed by atoms with Crippen molar-refractivity contribution >= 4 is 5.97 Å². The highest BCUT2D eigenvalue weighted by Crippen LogP contribution is 2.37. The SMILES string of the molecule is CC1=CC2(CCCCC2)OC1=O. The van der Waals surface area contributed by atoms with Crippen LogP contribution in [0.15, 0.2) is 11.6 Å². The Morgan fingerprint density at radius 1 is 1.33 bits per heavy atom. The average molecular weight is 166 g/mol. The van der Waals surface area contributed by atoms with E-state index in [0.717, 1.165) is 18.4 Å². The zero-order valence-corrected chi connectivity index (χ0v) is 7.43. The van der Waals surface area contributed by atoms with E-state index in [4.69, 9.17) is 4.74 Å². The first-order chi connectivity index (χ1) is 5.72. The molecular weight excluding hydrogens is 152 g/mol. The lowest BCUT2D eigenvalue weighted by atomic mass is 9.85. The van der Waals surface area contributed by atoms with Gasteiger partial charge in [-0.15, -0.1) is 0 Å². The molecule has 0 aromatic carbocycles. The Kier molecular flexibility index (Phi) is 1.71. The number of carbonyl (C=O) groups excluding carboxylic acids is 1. The quantitative estimate of drug-likeness (QED) is 0.516. The molecule has 12 heavy (non-hydrogen) atoms. The molecule has 1 spiro atoms. The molecule has 1 heterocycles. The summed E-state index contributed by atoms with van der Waals surface area (Å²) in [4.78, 5) is 11.2. The van der Waals surface area contributed by atoms with Crippen LogP contribution in [-0.2, 0) is 9.53 Å². The van der Waals surface area contributed by atoms with Crippen LogP contribution in [0.1, 0.15) is 39.0 Å². The average Bonchev–Trinajstić information content (AvgIpc) is 2.29. The smallest absolute Gasteiger partial charge is 0.334 e. The van der Waals surface area contributed by atoms with Crippen molar-refractivity contribution in [3.05, 3.63) is 11.6 Å². The van der Waals surface area contributed by atoms with Gasteiger partial charge in [-0.2, -0.15) is 0 Å². The van der Waals surface area contributed by atoms with Gasteiger partial charge in [-0.25, -0.2) is 4.79 Å². The van der Waals surface area contributed by atoms with Gasteiger partial charge < -0.3 is 4.74 Å². The third-order valence-electron chi connectivity index (χ3n) is 2.80. The summed E-state index contributed by atoms with van der Waals surface area (Å²) in [6.45, 7) is 1.84. The Morgan fingerprint density at radius 3 is 2.50 bits per heavy atom. The summed E-state index contributed by atoms with van der Waals surface area (Å²) in [5, 5.41) is 0. The van der Waals surface area contributed by atoms with Crippen molar-refractivity contribution in [1.82, 2.24) is 0 Å². The molecule has 2 nitrogen and oxygen atoms in total. The van der Waals surface area contributed by atoms with E-state index in [1.807, 2.05) is 13.0 Å². The molecule has 2 aliphatic rings. The van der Waals surface area contributed by atoms with Crippen molar-refractivity contribution in [1.29, 1.82) is 0 Å². The van der Waals surface area contributed by atoms with Crippen LogP contribution >= 0.6 is 0 Å². The fourth-order valence-electron chi connectivity index (χ4n) is 2.14. The Balaban J connectivity index is 2.18. The molecule has 0 unspecified atom stereocenters. The van der Waals surface area contributed by atoms with Gasteiger partial charge in [0.2, 0.25) is 0 Å². The van der Waals surface area contributed by atoms with Gasteiger partial charge in [0.25, 0.3) is 0 Å². The van der Waals surface area contributed by atoms with Crippen molar-refractivity contribution < 1.29 is 9.53 Å². The van der Waals surface area contributed by atoms with Crippen molar-refractivity contribution in [2.45, 2.75) is 44.6 Å². The van der Waals surface area contributed by atoms with Crippen LogP contribution in [0.5, 0.6) is 0 Å². The van der Waals surface area contributed by atoms with Gasteiger partial charge in [-0.1, -0.05) is 6.42 Å². The van der Waals surface area contributed by atoms with E-state index in [1.54, 1.807) is 0 Å². The fraction of sp³-hybridized carbons (Fsp3) is 0.700. The lowest BCUT2D eigenvalue weighted by molar-refractivity contribution is -0.148. The standard InChI is InChI=1S/C10H14O2/c1-8-7-10(12-9(8)11)5-3-2-4-6-10/h7H,2-6H2,1H3. The van der Waals surface area contributed by atoms with E-state index in [9.17, 15) is 4.79 Å². The summed E-state index contributed by atoms with van der Waals surface area (Å²) in [5.41, 5.74) is 0.594. The molecular formula is C10H14O2. The minimum absolute atomic E-state index is 0.114. The van der Waals surface area contributed by atoms with E-state index >= 15 is 0 Å². The normalized spacial score (nSPS) is 27.1. The van der Waals surface area contributed by atoms with E-state index in [0.29, 0.717) is 0 Å². The van der Waals surface area contributed by atoms with Gasteiger partial charge in [0.05, 0.1) is 0 Å². The van der Waals surface area contributed by atoms with E-state index in [-0.39, 0.29) is 11.6 Å². The van der Waals surface area contributed by atoms with Crippen LogP contribution in [-0.4, -0.2) is 11.6 Å². The van der Waals surface area contributed by atoms with Crippen molar-refractivity contribution in [3.8, 4) is 0 Å². The van der Waals surface area contributed by atoms with Crippen molar-refractivity contribution in [3.63, 3.8) is 0 Å². The second-order valence-corrected chi connectivity index (χ2v) is 3.84. The molecule has 0 N–H and O–H groups in total. The van der Waals surface area contributed by atoms with Crippen LogP contribution in [0.2, 0.25) is 0 Å². The molecule has 1 saturated carbocycles. The maximum atomic E-state index is 11.2. The van der Waals surface area contributed by atoms with Crippen LogP contribution in [0.4, 0.5) is 0 Å². The van der Waals surface area contributed by atoms with Crippen LogP contribution in [0.3, 0.4) is 0 Å². The Bertz CT molecular complexity index is 234. The Hall–Kier alpha value is -0.790. The number of hydrogen-bond acceptors (Lipinski definition) is 2. The molecule has 1 aliphatic heterocycles. The highest BCUT2D eigenvalue weighted by atomic mass is 16.6. The first-order valence-corrected chi connectivity index (χ1v) is 4.65. The highest BCUT2D eigenvalue weighted by Gasteiger charge is 2.39. The van der Waals surface area contributed by atoms with Crippen LogP contribution in [0.25, 0.3) is 0 Å². The zero-order chi connectivity index (χ0) is 8.60. The number of carbonyl (C=O) groups is 1. The minimum atomic E-state index is -0.195. The topological polar surface area (TPSA) is 26.3 Å². The molecule has 0 aromatic heterocycles. The molecule has 0 aromatic rings. The molecule has 0 amide bonds. The van der Waals surface area contributed by atoms with Crippen molar-refractivity contribution in [2.75, 3.05) is 0 Å². The zero-order valence-electron chi connectivity index (χ0n) is 7.43. The summed E-state index contributed by atoms with van der Waals surface area (Å²) in [6, 6.07) is 0. The summed E-state index contributed by atoms with van der Waals surface area (Å²) < 4.78 is 5.37. The van der Waals surface area contributed by atoms with E-state index < -0.39 is 0 Å². The lowest BCUT2D eigenvalue weighted by Crippen LogP contribution is -2.30. The van der Waals surface area contributed by atoms with Gasteiger partial charge in [-0.05, 0) is 38.7 Å². The number of esters is 1. The molecule has 2 rings (SSSR count). The molecule has 1 fully saturated rings. The number of hydrogen-bond donors (Lipinski definition) is 0. The predicted molar refractivity (Wildman–Crippen MR) is 45.7 cm³/mol. The summed E-state index contributed by atoms with van der Waals surface area (Å²) in [7, 11) is 0. The van der Waals surface area contributed by atoms with Gasteiger partial charge in [0.15, 0.2) is 0 Å². The third kappa shape index (κ3) is 1.15. The van der Waals surface area contributed by atoms with E-state index in [2.05, 4.69) is 0 Å². The van der Waals surface area contributed by atoms with Crippen LogP contribution in [0, 0.1) is 0 Å². The second kappa shape index (κ2) is 2.61. The first-order valence-electron chi connectivity index (χ1n) is 4.65. The summed E-state index contributed by atoms with van der Waals surface area (Å²) >= 11 is 0. The van der Waals surface area contributed by atoms with Gasteiger partial charge in [0.1, 0.15) is 5.60 Å². The fourth-order valence-corrected chi connectivity index (χ4v) is 2.14. The summed E-state index contributed by atoms with van der Waals surface area (Å²) in [5.74, 6) is -0.114. The van der Waals surface area contributed by atoms with Crippen LogP contribution < -0.4 is 0 Å².